The molecule has 0 saturated carbocycles. The molecule has 0 aliphatic carbocycles. The van der Waals surface area contributed by atoms with Crippen LogP contribution in [0.4, 0.5) is 0 Å². The second kappa shape index (κ2) is 15.3. The van der Waals surface area contributed by atoms with Crippen LogP contribution in [0.1, 0.15) is 88.8 Å². The number of hydrogen-bond donors (Lipinski definition) is 0. The lowest BCUT2D eigenvalue weighted by Gasteiger charge is -2.21. The molecule has 0 saturated heterocycles. The molecule has 0 spiro atoms. The third-order valence-electron chi connectivity index (χ3n) is 11.6. The van der Waals surface area contributed by atoms with Crippen LogP contribution in [0.15, 0.2) is 127 Å². The lowest BCUT2D eigenvalue weighted by molar-refractivity contribution is 0.667. The predicted octanol–water partition coefficient (Wildman–Crippen LogP) is 15.6. The van der Waals surface area contributed by atoms with Crippen LogP contribution in [0.5, 0.6) is 0 Å². The number of unbranched alkanes of at least 4 members (excludes halogenated alkanes) is 6. The molecule has 0 heterocycles. The first-order chi connectivity index (χ1) is 25.7. The normalized spacial score (nSPS) is 11.8. The van der Waals surface area contributed by atoms with E-state index in [4.69, 9.17) is 0 Å². The molecule has 0 amide bonds. The Morgan fingerprint density at radius 1 is 0.365 bits per heavy atom. The quantitative estimate of drug-likeness (QED) is 0.0648. The molecule has 8 aromatic carbocycles. The Balaban J connectivity index is 1.43. The van der Waals surface area contributed by atoms with Gasteiger partial charge in [0.05, 0.1) is 0 Å². The van der Waals surface area contributed by atoms with Gasteiger partial charge in [-0.15, -0.1) is 0 Å². The summed E-state index contributed by atoms with van der Waals surface area (Å²) >= 11 is 0. The summed E-state index contributed by atoms with van der Waals surface area (Å²) in [6.45, 7) is 6.90. The summed E-state index contributed by atoms with van der Waals surface area (Å²) in [4.78, 5) is 0. The van der Waals surface area contributed by atoms with Crippen LogP contribution in [0.25, 0.3) is 76.1 Å². The van der Waals surface area contributed by atoms with Gasteiger partial charge >= 0.3 is 0 Å². The largest absolute Gasteiger partial charge is 0.0654 e. The van der Waals surface area contributed by atoms with Gasteiger partial charge < -0.3 is 0 Å². The first-order valence-corrected chi connectivity index (χ1v) is 20.1. The van der Waals surface area contributed by atoms with E-state index in [0.717, 1.165) is 19.3 Å². The molecule has 0 bridgehead atoms. The molecule has 8 aromatic rings. The second-order valence-electron chi connectivity index (χ2n) is 15.0. The average molecular weight is 677 g/mol. The van der Waals surface area contributed by atoms with Crippen LogP contribution in [-0.2, 0) is 19.3 Å². The molecule has 52 heavy (non-hydrogen) atoms. The first-order valence-electron chi connectivity index (χ1n) is 20.1. The molecule has 0 aliphatic rings. The van der Waals surface area contributed by atoms with Crippen molar-refractivity contribution in [2.24, 2.45) is 0 Å². The van der Waals surface area contributed by atoms with Crippen molar-refractivity contribution in [3.05, 3.63) is 144 Å². The minimum Gasteiger partial charge on any atom is -0.0654 e. The van der Waals surface area contributed by atoms with E-state index in [2.05, 4.69) is 148 Å². The van der Waals surface area contributed by atoms with Gasteiger partial charge in [-0.25, -0.2) is 0 Å². The predicted molar refractivity (Wildman–Crippen MR) is 230 cm³/mol. The fourth-order valence-electron chi connectivity index (χ4n) is 8.95. The van der Waals surface area contributed by atoms with Gasteiger partial charge in [0.2, 0.25) is 0 Å². The summed E-state index contributed by atoms with van der Waals surface area (Å²) in [6.07, 6.45) is 13.5. The second-order valence-corrected chi connectivity index (χ2v) is 15.0. The van der Waals surface area contributed by atoms with Gasteiger partial charge in [0.15, 0.2) is 0 Å². The van der Waals surface area contributed by atoms with E-state index >= 15 is 0 Å². The Morgan fingerprint density at radius 3 is 1.65 bits per heavy atom. The van der Waals surface area contributed by atoms with Crippen molar-refractivity contribution in [2.75, 3.05) is 0 Å². The van der Waals surface area contributed by atoms with Gasteiger partial charge in [0, 0.05) is 0 Å². The molecular formula is C52H52. The Hall–Kier alpha value is -4.94. The van der Waals surface area contributed by atoms with E-state index < -0.39 is 0 Å². The summed E-state index contributed by atoms with van der Waals surface area (Å²) in [5.41, 5.74) is 9.71. The highest BCUT2D eigenvalue weighted by atomic mass is 14.2. The van der Waals surface area contributed by atoms with Crippen molar-refractivity contribution >= 4 is 53.9 Å². The summed E-state index contributed by atoms with van der Waals surface area (Å²) in [6, 6.07) is 49.2. The Bertz CT molecular complexity index is 2520. The number of fused-ring (bicyclic) bond motifs is 6. The molecule has 0 N–H and O–H groups in total. The molecule has 260 valence electrons. The zero-order valence-corrected chi connectivity index (χ0v) is 31.4. The Kier molecular flexibility index (Phi) is 10.1. The minimum absolute atomic E-state index is 1.01. The SMILES string of the molecule is CCCCCCc1ccc2c(-c3cccc4c3ccc3c(CC)c5ccccc5cc34)c3cc(CCCCCC)ccc3c(-c3ccccc3)c2c1. The smallest absolute Gasteiger partial charge is 0.00200 e. The van der Waals surface area contributed by atoms with Gasteiger partial charge in [0.1, 0.15) is 0 Å². The molecule has 0 aromatic heterocycles. The van der Waals surface area contributed by atoms with E-state index in [-0.39, 0.29) is 0 Å². The average Bonchev–Trinajstić information content (AvgIpc) is 3.19. The molecule has 0 unspecified atom stereocenters. The molecular weight excluding hydrogens is 625 g/mol. The molecule has 0 heteroatoms. The summed E-state index contributed by atoms with van der Waals surface area (Å²) in [5.74, 6) is 0. The summed E-state index contributed by atoms with van der Waals surface area (Å²) in [7, 11) is 0. The summed E-state index contributed by atoms with van der Waals surface area (Å²) < 4.78 is 0. The highest BCUT2D eigenvalue weighted by molar-refractivity contribution is 6.25. The van der Waals surface area contributed by atoms with Crippen molar-refractivity contribution < 1.29 is 0 Å². The number of rotatable bonds is 13. The van der Waals surface area contributed by atoms with Gasteiger partial charge in [-0.05, 0) is 131 Å². The highest BCUT2D eigenvalue weighted by Crippen LogP contribution is 2.47. The number of hydrogen-bond acceptors (Lipinski definition) is 0. The maximum Gasteiger partial charge on any atom is -0.00200 e. The van der Waals surface area contributed by atoms with Crippen molar-refractivity contribution in [2.45, 2.75) is 91.4 Å². The molecule has 0 atom stereocenters. The fraction of sp³-hybridized carbons (Fsp3) is 0.269. The third-order valence-corrected chi connectivity index (χ3v) is 11.6. The maximum atomic E-state index is 2.55. The van der Waals surface area contributed by atoms with Crippen molar-refractivity contribution in [1.29, 1.82) is 0 Å². The standard InChI is InChI=1S/C52H52/c1-4-7-9-12-19-36-28-30-47-49(33-36)51(38-21-14-11-15-22-38)46-29-27-37(20-13-10-8-5-2)34-50(46)52(47)45-26-18-25-42-44(45)32-31-43-40(6-3)41-24-17-16-23-39(41)35-48(42)43/h11,14-18,21-35H,4-10,12-13,19-20H2,1-3H3. The highest BCUT2D eigenvalue weighted by Gasteiger charge is 2.20. The molecule has 0 aliphatic heterocycles. The Labute approximate surface area is 310 Å². The van der Waals surface area contributed by atoms with E-state index in [0.29, 0.717) is 0 Å². The van der Waals surface area contributed by atoms with Crippen LogP contribution < -0.4 is 0 Å². The maximum absolute atomic E-state index is 2.55. The van der Waals surface area contributed by atoms with Crippen molar-refractivity contribution in [3.63, 3.8) is 0 Å². The zero-order chi connectivity index (χ0) is 35.4. The lowest BCUT2D eigenvalue weighted by atomic mass is 9.82. The van der Waals surface area contributed by atoms with Crippen LogP contribution in [0, 0.1) is 0 Å². The minimum atomic E-state index is 1.01. The molecule has 8 rings (SSSR count). The first kappa shape index (κ1) is 34.2. The summed E-state index contributed by atoms with van der Waals surface area (Å²) in [5, 5.41) is 13.6. The van der Waals surface area contributed by atoms with E-state index in [1.807, 2.05) is 0 Å². The van der Waals surface area contributed by atoms with E-state index in [9.17, 15) is 0 Å². The number of aryl methyl sites for hydroxylation is 3. The molecule has 0 nitrogen and oxygen atoms in total. The van der Waals surface area contributed by atoms with Gasteiger partial charge in [-0.3, -0.25) is 0 Å². The lowest BCUT2D eigenvalue weighted by Crippen LogP contribution is -1.96. The van der Waals surface area contributed by atoms with Gasteiger partial charge in [0.25, 0.3) is 0 Å². The topological polar surface area (TPSA) is 0 Å². The zero-order valence-electron chi connectivity index (χ0n) is 31.4. The molecule has 0 radical (unpaired) electrons. The van der Waals surface area contributed by atoms with Crippen LogP contribution >= 0.6 is 0 Å². The van der Waals surface area contributed by atoms with Crippen LogP contribution in [0.2, 0.25) is 0 Å². The Morgan fingerprint density at radius 2 is 0.962 bits per heavy atom. The number of benzene rings is 8. The monoisotopic (exact) mass is 676 g/mol. The van der Waals surface area contributed by atoms with Gasteiger partial charge in [-0.1, -0.05) is 181 Å². The van der Waals surface area contributed by atoms with Crippen LogP contribution in [-0.4, -0.2) is 0 Å². The molecule has 0 fully saturated rings. The van der Waals surface area contributed by atoms with Gasteiger partial charge in [-0.2, -0.15) is 0 Å². The third kappa shape index (κ3) is 6.38. The van der Waals surface area contributed by atoms with E-state index in [1.54, 1.807) is 0 Å². The van der Waals surface area contributed by atoms with E-state index in [1.165, 1.54) is 144 Å². The van der Waals surface area contributed by atoms with Crippen LogP contribution in [0.3, 0.4) is 0 Å². The van der Waals surface area contributed by atoms with Crippen molar-refractivity contribution in [3.8, 4) is 22.3 Å². The fourth-order valence-corrected chi connectivity index (χ4v) is 8.95. The van der Waals surface area contributed by atoms with Crippen molar-refractivity contribution in [1.82, 2.24) is 0 Å².